The van der Waals surface area contributed by atoms with Crippen LogP contribution in [0.4, 0.5) is 25.5 Å². The number of carbonyl (C=O) groups is 6. The van der Waals surface area contributed by atoms with Crippen LogP contribution in [0, 0.1) is 5.82 Å². The molecule has 1 N–H and O–H groups in total. The van der Waals surface area contributed by atoms with E-state index in [1.165, 1.54) is 0 Å². The number of methoxy groups -OCH3 is 1. The third-order valence-corrected chi connectivity index (χ3v) is 17.3. The van der Waals surface area contributed by atoms with Crippen molar-refractivity contribution in [2.24, 2.45) is 0 Å². The maximum atomic E-state index is 17.8. The third-order valence-electron chi connectivity index (χ3n) is 17.3. The standard InChI is InChI=1S/C59H67FN10O11/c1-6-34-9-7-10-35-25-40(80-33-77-5)27-43(47(34)35)49-48(60)50-44(28-61-49)51(67-29-37-11-12-38(30-67)69(37)57(76)81-58(2,3)4)64-55(63-50)79-32-59-18-8-20-68(59)39(17-19-59)31-78-56(75)66-23-21-65(22-24-66)36-13-14-41-42(26-36)54(74)70(53(41)73)45-15-16-46(71)62-52(45)72/h7,9-10,13-14,25-28,37-39,45H,6,8,11-12,15-24,29-33H2,1-5H3,(H,62,71,72)/t37?,38?,39-,45?,59-/m1/s1. The number of imide groups is 2. The van der Waals surface area contributed by atoms with Crippen molar-refractivity contribution in [1.29, 1.82) is 0 Å². The van der Waals surface area contributed by atoms with E-state index in [1.54, 1.807) is 42.5 Å². The number of rotatable bonds is 13. The summed E-state index contributed by atoms with van der Waals surface area (Å²) in [5, 5.41) is 4.37. The number of benzene rings is 3. The summed E-state index contributed by atoms with van der Waals surface area (Å²) in [6.45, 7) is 11.4. The average Bonchev–Trinajstić information content (AvgIpc) is 4.40. The predicted molar refractivity (Wildman–Crippen MR) is 295 cm³/mol. The zero-order valence-corrected chi connectivity index (χ0v) is 46.3. The van der Waals surface area contributed by atoms with Gasteiger partial charge in [0.1, 0.15) is 47.6 Å². The SMILES string of the molecule is CCc1cccc2cc(OCOC)cc(-c3ncc4c(N5CC6CCC(C5)N6C(=O)OC(C)(C)C)nc(OC[C@]56CCCN5[C@@H](COC(=O)N5CCN(c7ccc8c(c7)C(=O)N(C7CCC(=O)NC7=O)C8=O)CC5)CC6)nc4c3F)c12. The number of fused-ring (bicyclic) bond motifs is 6. The fourth-order valence-electron chi connectivity index (χ4n) is 13.4. The van der Waals surface area contributed by atoms with Gasteiger partial charge in [0, 0.05) is 76.3 Å². The number of hydrogen-bond donors (Lipinski definition) is 1. The highest BCUT2D eigenvalue weighted by Crippen LogP contribution is 2.45. The minimum atomic E-state index is -1.05. The molecule has 7 aliphatic heterocycles. The number of carbonyl (C=O) groups excluding carboxylic acids is 6. The van der Waals surface area contributed by atoms with Gasteiger partial charge in [-0.1, -0.05) is 25.1 Å². The van der Waals surface area contributed by atoms with E-state index >= 15 is 4.39 Å². The second-order valence-electron chi connectivity index (χ2n) is 23.3. The molecule has 2 bridgehead atoms. The maximum Gasteiger partial charge on any atom is 0.410 e. The average molecular weight is 1110 g/mol. The molecule has 21 nitrogen and oxygen atoms in total. The first kappa shape index (κ1) is 53.9. The normalized spacial score (nSPS) is 23.9. The Morgan fingerprint density at radius 1 is 0.840 bits per heavy atom. The first-order valence-electron chi connectivity index (χ1n) is 28.2. The maximum absolute atomic E-state index is 17.8. The molecule has 5 aromatic rings. The van der Waals surface area contributed by atoms with Crippen molar-refractivity contribution in [2.45, 2.75) is 121 Å². The van der Waals surface area contributed by atoms with Crippen molar-refractivity contribution >= 4 is 69.0 Å². The lowest BCUT2D eigenvalue weighted by Crippen LogP contribution is -2.57. The molecule has 7 aliphatic rings. The molecule has 9 heterocycles. The largest absolute Gasteiger partial charge is 0.468 e. The van der Waals surface area contributed by atoms with Crippen LogP contribution in [0.25, 0.3) is 32.9 Å². The van der Waals surface area contributed by atoms with E-state index < -0.39 is 52.7 Å². The zero-order valence-electron chi connectivity index (χ0n) is 46.3. The van der Waals surface area contributed by atoms with E-state index in [1.807, 2.05) is 54.8 Å². The van der Waals surface area contributed by atoms with Crippen molar-refractivity contribution in [1.82, 2.24) is 39.9 Å². The fraction of sp³-hybridized carbons (Fsp3) is 0.508. The second-order valence-corrected chi connectivity index (χ2v) is 23.3. The summed E-state index contributed by atoms with van der Waals surface area (Å²) in [7, 11) is 1.54. The minimum Gasteiger partial charge on any atom is -0.468 e. The Labute approximate surface area is 467 Å². The van der Waals surface area contributed by atoms with Crippen molar-refractivity contribution in [3.63, 3.8) is 0 Å². The third kappa shape index (κ3) is 9.96. The van der Waals surface area contributed by atoms with Gasteiger partial charge in [-0.25, -0.2) is 14.0 Å². The molecule has 6 saturated heterocycles. The first-order chi connectivity index (χ1) is 39.0. The van der Waals surface area contributed by atoms with Gasteiger partial charge >= 0.3 is 18.2 Å². The molecule has 3 unspecified atom stereocenters. The molecule has 426 valence electrons. The van der Waals surface area contributed by atoms with Crippen LogP contribution in [0.3, 0.4) is 0 Å². The van der Waals surface area contributed by atoms with Crippen LogP contribution in [-0.4, -0.2) is 179 Å². The molecule has 2 aromatic heterocycles. The molecular formula is C59H67FN10O11. The molecule has 22 heteroatoms. The van der Waals surface area contributed by atoms with E-state index in [0.29, 0.717) is 73.9 Å². The summed E-state index contributed by atoms with van der Waals surface area (Å²) in [4.78, 5) is 104. The summed E-state index contributed by atoms with van der Waals surface area (Å²) < 4.78 is 47.5. The van der Waals surface area contributed by atoms with Gasteiger partial charge in [-0.15, -0.1) is 0 Å². The van der Waals surface area contributed by atoms with E-state index in [2.05, 4.69) is 22.0 Å². The first-order valence-corrected chi connectivity index (χ1v) is 28.2. The van der Waals surface area contributed by atoms with Gasteiger partial charge in [0.2, 0.25) is 11.8 Å². The Bertz CT molecular complexity index is 3370. The lowest BCUT2D eigenvalue weighted by Gasteiger charge is -2.42. The molecule has 12 rings (SSSR count). The molecule has 0 saturated carbocycles. The molecule has 6 amide bonds. The van der Waals surface area contributed by atoms with E-state index in [9.17, 15) is 28.8 Å². The number of hydrogen-bond acceptors (Lipinski definition) is 17. The number of aromatic nitrogens is 3. The summed E-state index contributed by atoms with van der Waals surface area (Å²) in [6, 6.07) is 13.3. The van der Waals surface area contributed by atoms with Crippen molar-refractivity contribution in [2.75, 3.05) is 82.7 Å². The fourth-order valence-corrected chi connectivity index (χ4v) is 13.4. The van der Waals surface area contributed by atoms with Crippen molar-refractivity contribution < 1.29 is 56.8 Å². The monoisotopic (exact) mass is 1110 g/mol. The van der Waals surface area contributed by atoms with Crippen molar-refractivity contribution in [3.05, 3.63) is 77.2 Å². The molecular weight excluding hydrogens is 1040 g/mol. The molecule has 0 radical (unpaired) electrons. The Balaban J connectivity index is 0.750. The number of ether oxygens (including phenoxy) is 5. The lowest BCUT2D eigenvalue weighted by molar-refractivity contribution is -0.136. The Hall–Kier alpha value is -7.72. The van der Waals surface area contributed by atoms with Crippen LogP contribution >= 0.6 is 0 Å². The highest BCUT2D eigenvalue weighted by molar-refractivity contribution is 6.23. The van der Waals surface area contributed by atoms with Crippen LogP contribution in [0.15, 0.2) is 54.7 Å². The van der Waals surface area contributed by atoms with Crippen LogP contribution in [0.5, 0.6) is 11.8 Å². The number of aryl methyl sites for hydroxylation is 1. The summed E-state index contributed by atoms with van der Waals surface area (Å²) in [6.07, 6.45) is 6.55. The molecule has 0 aliphatic carbocycles. The van der Waals surface area contributed by atoms with Gasteiger partial charge in [0.15, 0.2) is 12.6 Å². The quantitative estimate of drug-likeness (QED) is 0.0941. The predicted octanol–water partition coefficient (Wildman–Crippen LogP) is 6.85. The highest BCUT2D eigenvalue weighted by Gasteiger charge is 2.51. The Morgan fingerprint density at radius 2 is 1.62 bits per heavy atom. The number of piperazine rings is 2. The number of nitrogens with one attached hydrogen (secondary N) is 1. The Morgan fingerprint density at radius 3 is 2.36 bits per heavy atom. The molecule has 3 aromatic carbocycles. The van der Waals surface area contributed by atoms with Gasteiger partial charge in [-0.3, -0.25) is 44.2 Å². The van der Waals surface area contributed by atoms with Gasteiger partial charge in [-0.2, -0.15) is 9.97 Å². The second kappa shape index (κ2) is 21.3. The molecule has 0 spiro atoms. The van der Waals surface area contributed by atoms with E-state index in [-0.39, 0.29) is 85.4 Å². The molecule has 81 heavy (non-hydrogen) atoms. The van der Waals surface area contributed by atoms with Crippen LogP contribution < -0.4 is 24.6 Å². The number of anilines is 2. The van der Waals surface area contributed by atoms with Crippen LogP contribution in [-0.2, 0) is 30.2 Å². The Kier molecular flexibility index (Phi) is 14.2. The van der Waals surface area contributed by atoms with E-state index in [4.69, 9.17) is 38.6 Å². The van der Waals surface area contributed by atoms with Crippen LogP contribution in [0.2, 0.25) is 0 Å². The topological polar surface area (TPSA) is 219 Å². The minimum absolute atomic E-state index is 0.00476. The number of piperidine rings is 1. The summed E-state index contributed by atoms with van der Waals surface area (Å²) in [5.74, 6) is -1.89. The highest BCUT2D eigenvalue weighted by atomic mass is 19.1. The zero-order chi connectivity index (χ0) is 56.5. The van der Waals surface area contributed by atoms with Gasteiger partial charge in [0.25, 0.3) is 11.8 Å². The van der Waals surface area contributed by atoms with Crippen molar-refractivity contribution in [3.8, 4) is 23.0 Å². The molecule has 6 fully saturated rings. The number of halogens is 1. The summed E-state index contributed by atoms with van der Waals surface area (Å²) in [5.41, 5.74) is 1.80. The van der Waals surface area contributed by atoms with Crippen LogP contribution in [0.1, 0.15) is 105 Å². The van der Waals surface area contributed by atoms with E-state index in [0.717, 1.165) is 66.3 Å². The van der Waals surface area contributed by atoms with Gasteiger partial charge in [-0.05, 0) is 125 Å². The lowest BCUT2D eigenvalue weighted by atomic mass is 9.95. The number of nitrogens with zero attached hydrogens (tertiary/aromatic N) is 9. The van der Waals surface area contributed by atoms with Gasteiger partial charge < -0.3 is 38.4 Å². The number of amides is 6. The molecule has 5 atom stereocenters. The number of pyridine rings is 1. The summed E-state index contributed by atoms with van der Waals surface area (Å²) >= 11 is 0. The van der Waals surface area contributed by atoms with Gasteiger partial charge in [0.05, 0.1) is 34.1 Å². The smallest absolute Gasteiger partial charge is 0.410 e.